The van der Waals surface area contributed by atoms with Crippen molar-refractivity contribution in [3.8, 4) is 0 Å². The molecule has 0 amide bonds. The second kappa shape index (κ2) is 5.70. The molecule has 0 unspecified atom stereocenters. The molecule has 0 aliphatic heterocycles. The fourth-order valence-electron chi connectivity index (χ4n) is 1.71. The minimum atomic E-state index is -0.373. The molecule has 0 saturated carbocycles. The number of aliphatic hydroxyl groups excluding tert-OH is 1. The molecule has 0 radical (unpaired) electrons. The largest absolute Gasteiger partial charge is 0.395 e. The van der Waals surface area contributed by atoms with E-state index in [0.717, 1.165) is 0 Å². The van der Waals surface area contributed by atoms with E-state index in [2.05, 4.69) is 4.98 Å². The molecule has 6 nitrogen and oxygen atoms in total. The van der Waals surface area contributed by atoms with Crippen molar-refractivity contribution >= 4 is 5.69 Å². The highest BCUT2D eigenvalue weighted by Crippen LogP contribution is 2.24. The molecule has 1 aromatic rings. The monoisotopic (exact) mass is 239 g/mol. The van der Waals surface area contributed by atoms with E-state index in [1.165, 1.54) is 6.20 Å². The molecule has 0 aliphatic carbocycles. The van der Waals surface area contributed by atoms with Crippen molar-refractivity contribution in [3.05, 3.63) is 33.1 Å². The van der Waals surface area contributed by atoms with Crippen molar-refractivity contribution in [2.24, 2.45) is 0 Å². The van der Waals surface area contributed by atoms with Gasteiger partial charge in [-0.25, -0.2) is 0 Å². The summed E-state index contributed by atoms with van der Waals surface area (Å²) in [5.74, 6) is 0. The molecular weight excluding hydrogens is 222 g/mol. The first-order valence-corrected chi connectivity index (χ1v) is 5.36. The Kier molecular flexibility index (Phi) is 4.53. The van der Waals surface area contributed by atoms with Crippen molar-refractivity contribution < 1.29 is 10.0 Å². The van der Waals surface area contributed by atoms with Gasteiger partial charge in [0.2, 0.25) is 0 Å². The molecule has 0 spiro atoms. The van der Waals surface area contributed by atoms with Crippen LogP contribution < -0.4 is 0 Å². The van der Waals surface area contributed by atoms with Crippen molar-refractivity contribution in [2.75, 3.05) is 20.2 Å². The maximum atomic E-state index is 10.9. The fraction of sp³-hybridized carbons (Fsp3) is 0.545. The van der Waals surface area contributed by atoms with Crippen LogP contribution in [0.5, 0.6) is 0 Å². The van der Waals surface area contributed by atoms with E-state index < -0.39 is 0 Å². The lowest BCUT2D eigenvalue weighted by atomic mass is 10.1. The number of hydrogen-bond donors (Lipinski definition) is 1. The Labute approximate surface area is 100 Å². The highest BCUT2D eigenvalue weighted by molar-refractivity contribution is 5.47. The number of aromatic nitrogens is 1. The van der Waals surface area contributed by atoms with Crippen LogP contribution in [0.4, 0.5) is 5.69 Å². The van der Waals surface area contributed by atoms with Crippen LogP contribution in [0.1, 0.15) is 16.8 Å². The third-order valence-electron chi connectivity index (χ3n) is 2.66. The summed E-state index contributed by atoms with van der Waals surface area (Å²) in [5, 5.41) is 19.7. The predicted molar refractivity (Wildman–Crippen MR) is 63.8 cm³/mol. The minimum absolute atomic E-state index is 0.0590. The SMILES string of the molecule is Cc1cnc(CN(C)CCO)c(C)c1[N+](=O)[O-]. The maximum Gasteiger partial charge on any atom is 0.278 e. The lowest BCUT2D eigenvalue weighted by Crippen LogP contribution is -2.22. The number of hydrogen-bond acceptors (Lipinski definition) is 5. The number of aryl methyl sites for hydroxylation is 1. The summed E-state index contributed by atoms with van der Waals surface area (Å²) in [4.78, 5) is 16.6. The molecule has 1 rings (SSSR count). The van der Waals surface area contributed by atoms with Gasteiger partial charge in [-0.05, 0) is 20.9 Å². The highest BCUT2D eigenvalue weighted by atomic mass is 16.6. The van der Waals surface area contributed by atoms with Crippen molar-refractivity contribution in [1.82, 2.24) is 9.88 Å². The first kappa shape index (κ1) is 13.5. The summed E-state index contributed by atoms with van der Waals surface area (Å²) < 4.78 is 0. The normalized spacial score (nSPS) is 10.9. The topological polar surface area (TPSA) is 79.5 Å². The summed E-state index contributed by atoms with van der Waals surface area (Å²) in [6, 6.07) is 0. The van der Waals surface area contributed by atoms with Crippen LogP contribution in [0.3, 0.4) is 0 Å². The van der Waals surface area contributed by atoms with E-state index in [-0.39, 0.29) is 17.2 Å². The summed E-state index contributed by atoms with van der Waals surface area (Å²) in [7, 11) is 1.84. The molecule has 0 aliphatic rings. The molecule has 94 valence electrons. The molecule has 0 saturated heterocycles. The lowest BCUT2D eigenvalue weighted by molar-refractivity contribution is -0.386. The minimum Gasteiger partial charge on any atom is -0.395 e. The van der Waals surface area contributed by atoms with E-state index >= 15 is 0 Å². The molecule has 1 heterocycles. The number of nitro groups is 1. The van der Waals surface area contributed by atoms with Gasteiger partial charge in [-0.1, -0.05) is 0 Å². The fourth-order valence-corrected chi connectivity index (χ4v) is 1.71. The predicted octanol–water partition coefficient (Wildman–Crippen LogP) is 1.03. The number of likely N-dealkylation sites (N-methyl/N-ethyl adjacent to an activating group) is 1. The average molecular weight is 239 g/mol. The summed E-state index contributed by atoms with van der Waals surface area (Å²) in [6.45, 7) is 4.46. The number of pyridine rings is 1. The van der Waals surface area contributed by atoms with Crippen LogP contribution in [0.2, 0.25) is 0 Å². The summed E-state index contributed by atoms with van der Waals surface area (Å²) in [6.07, 6.45) is 1.52. The zero-order valence-electron chi connectivity index (χ0n) is 10.3. The molecule has 1 aromatic heterocycles. The number of nitrogens with zero attached hydrogens (tertiary/aromatic N) is 3. The third kappa shape index (κ3) is 3.21. The second-order valence-corrected chi connectivity index (χ2v) is 4.08. The van der Waals surface area contributed by atoms with Gasteiger partial charge in [0.1, 0.15) is 0 Å². The van der Waals surface area contributed by atoms with Gasteiger partial charge >= 0.3 is 0 Å². The zero-order chi connectivity index (χ0) is 13.0. The average Bonchev–Trinajstić information content (AvgIpc) is 2.22. The van der Waals surface area contributed by atoms with Gasteiger partial charge < -0.3 is 5.11 Å². The quantitative estimate of drug-likeness (QED) is 0.613. The van der Waals surface area contributed by atoms with Gasteiger partial charge in [-0.15, -0.1) is 0 Å². The molecule has 0 aromatic carbocycles. The van der Waals surface area contributed by atoms with Gasteiger partial charge in [-0.2, -0.15) is 0 Å². The summed E-state index contributed by atoms with van der Waals surface area (Å²) >= 11 is 0. The Hall–Kier alpha value is -1.53. The summed E-state index contributed by atoms with van der Waals surface area (Å²) in [5.41, 5.74) is 1.98. The van der Waals surface area contributed by atoms with E-state index in [9.17, 15) is 10.1 Å². The van der Waals surface area contributed by atoms with Crippen LogP contribution in [-0.4, -0.2) is 40.1 Å². The van der Waals surface area contributed by atoms with Gasteiger partial charge in [0.25, 0.3) is 5.69 Å². The Balaban J connectivity index is 3.02. The standard InChI is InChI=1S/C11H17N3O3/c1-8-6-12-10(7-13(3)4-5-15)9(2)11(8)14(16)17/h6,15H,4-5,7H2,1-3H3. The van der Waals surface area contributed by atoms with Gasteiger partial charge in [0, 0.05) is 30.4 Å². The van der Waals surface area contributed by atoms with E-state index in [1.54, 1.807) is 13.8 Å². The maximum absolute atomic E-state index is 10.9. The zero-order valence-corrected chi connectivity index (χ0v) is 10.3. The first-order chi connectivity index (χ1) is 7.97. The molecular formula is C11H17N3O3. The number of rotatable bonds is 5. The molecule has 1 N–H and O–H groups in total. The van der Waals surface area contributed by atoms with E-state index in [1.807, 2.05) is 11.9 Å². The van der Waals surface area contributed by atoms with Gasteiger partial charge in [-0.3, -0.25) is 20.0 Å². The van der Waals surface area contributed by atoms with Crippen LogP contribution in [-0.2, 0) is 6.54 Å². The van der Waals surface area contributed by atoms with Crippen molar-refractivity contribution in [2.45, 2.75) is 20.4 Å². The second-order valence-electron chi connectivity index (χ2n) is 4.08. The van der Waals surface area contributed by atoms with Crippen LogP contribution >= 0.6 is 0 Å². The Morgan fingerprint density at radius 3 is 2.71 bits per heavy atom. The molecule has 0 fully saturated rings. The Morgan fingerprint density at radius 1 is 1.53 bits per heavy atom. The molecule has 0 bridgehead atoms. The molecule has 6 heteroatoms. The van der Waals surface area contributed by atoms with E-state index in [4.69, 9.17) is 5.11 Å². The van der Waals surface area contributed by atoms with Gasteiger partial charge in [0.05, 0.1) is 17.2 Å². The number of aliphatic hydroxyl groups is 1. The van der Waals surface area contributed by atoms with E-state index in [0.29, 0.717) is 29.9 Å². The van der Waals surface area contributed by atoms with Crippen molar-refractivity contribution in [3.63, 3.8) is 0 Å². The van der Waals surface area contributed by atoms with Crippen LogP contribution in [0.25, 0.3) is 0 Å². The van der Waals surface area contributed by atoms with Crippen LogP contribution in [0, 0.1) is 24.0 Å². The lowest BCUT2D eigenvalue weighted by Gasteiger charge is -2.16. The van der Waals surface area contributed by atoms with Crippen molar-refractivity contribution in [1.29, 1.82) is 0 Å². The Morgan fingerprint density at radius 2 is 2.18 bits per heavy atom. The third-order valence-corrected chi connectivity index (χ3v) is 2.66. The Bertz CT molecular complexity index is 421. The highest BCUT2D eigenvalue weighted by Gasteiger charge is 2.19. The smallest absolute Gasteiger partial charge is 0.278 e. The first-order valence-electron chi connectivity index (χ1n) is 5.36. The molecule has 17 heavy (non-hydrogen) atoms. The van der Waals surface area contributed by atoms with Crippen LogP contribution in [0.15, 0.2) is 6.20 Å². The van der Waals surface area contributed by atoms with Gasteiger partial charge in [0.15, 0.2) is 0 Å². The molecule has 0 atom stereocenters.